The SMILES string of the molecule is CCc1nn(CC)c(CC(=O)C2(C)CCCCC2)c1Cl. The minimum atomic E-state index is -0.156. The molecule has 20 heavy (non-hydrogen) atoms. The Morgan fingerprint density at radius 2 is 1.95 bits per heavy atom. The van der Waals surface area contributed by atoms with E-state index in [9.17, 15) is 4.79 Å². The predicted octanol–water partition coefficient (Wildman–Crippen LogP) is 4.20. The number of carbonyl (C=O) groups excluding carboxylic acids is 1. The van der Waals surface area contributed by atoms with Crippen molar-refractivity contribution in [2.75, 3.05) is 0 Å². The summed E-state index contributed by atoms with van der Waals surface area (Å²) in [6.45, 7) is 6.97. The molecular weight excluding hydrogens is 272 g/mol. The van der Waals surface area contributed by atoms with Crippen LogP contribution in [0, 0.1) is 5.41 Å². The summed E-state index contributed by atoms with van der Waals surface area (Å²) in [7, 11) is 0. The summed E-state index contributed by atoms with van der Waals surface area (Å²) < 4.78 is 1.89. The second-order valence-electron chi connectivity index (χ2n) is 6.10. The van der Waals surface area contributed by atoms with Crippen LogP contribution in [0.2, 0.25) is 5.02 Å². The fourth-order valence-corrected chi connectivity index (χ4v) is 3.50. The Balaban J connectivity index is 2.20. The van der Waals surface area contributed by atoms with Crippen LogP contribution >= 0.6 is 11.6 Å². The molecule has 1 aliphatic rings. The van der Waals surface area contributed by atoms with Gasteiger partial charge in [-0.2, -0.15) is 5.10 Å². The summed E-state index contributed by atoms with van der Waals surface area (Å²) in [5.41, 5.74) is 1.66. The van der Waals surface area contributed by atoms with Gasteiger partial charge in [-0.05, 0) is 26.2 Å². The van der Waals surface area contributed by atoms with Crippen molar-refractivity contribution in [2.45, 2.75) is 72.3 Å². The summed E-state index contributed by atoms with van der Waals surface area (Å²) >= 11 is 6.40. The molecule has 0 amide bonds. The standard InChI is InChI=1S/C16H25ClN2O/c1-4-12-15(17)13(19(5-2)18-12)11-14(20)16(3)9-7-6-8-10-16/h4-11H2,1-3H3. The van der Waals surface area contributed by atoms with Gasteiger partial charge in [0.2, 0.25) is 0 Å². The number of ketones is 1. The zero-order chi connectivity index (χ0) is 14.8. The lowest BCUT2D eigenvalue weighted by molar-refractivity contribution is -0.129. The highest BCUT2D eigenvalue weighted by Crippen LogP contribution is 2.38. The van der Waals surface area contributed by atoms with Crippen LogP contribution in [-0.4, -0.2) is 15.6 Å². The van der Waals surface area contributed by atoms with E-state index in [1.165, 1.54) is 19.3 Å². The third-order valence-electron chi connectivity index (χ3n) is 4.65. The minimum absolute atomic E-state index is 0.156. The lowest BCUT2D eigenvalue weighted by Crippen LogP contribution is -2.32. The van der Waals surface area contributed by atoms with E-state index >= 15 is 0 Å². The van der Waals surface area contributed by atoms with Crippen molar-refractivity contribution in [1.82, 2.24) is 9.78 Å². The second-order valence-corrected chi connectivity index (χ2v) is 6.48. The maximum absolute atomic E-state index is 12.7. The average Bonchev–Trinajstić information content (AvgIpc) is 2.76. The van der Waals surface area contributed by atoms with E-state index in [4.69, 9.17) is 11.6 Å². The first-order valence-electron chi connectivity index (χ1n) is 7.79. The lowest BCUT2D eigenvalue weighted by atomic mass is 9.71. The van der Waals surface area contributed by atoms with Crippen molar-refractivity contribution in [3.05, 3.63) is 16.4 Å². The highest BCUT2D eigenvalue weighted by molar-refractivity contribution is 6.32. The Hall–Kier alpha value is -0.830. The molecule has 3 nitrogen and oxygen atoms in total. The number of carbonyl (C=O) groups is 1. The summed E-state index contributed by atoms with van der Waals surface area (Å²) in [6, 6.07) is 0. The van der Waals surface area contributed by atoms with E-state index in [1.807, 2.05) is 18.5 Å². The number of nitrogens with zero attached hydrogens (tertiary/aromatic N) is 2. The zero-order valence-corrected chi connectivity index (χ0v) is 13.6. The van der Waals surface area contributed by atoms with Gasteiger partial charge in [0.05, 0.1) is 22.8 Å². The molecule has 0 N–H and O–H groups in total. The van der Waals surface area contributed by atoms with Crippen LogP contribution in [0.25, 0.3) is 0 Å². The second kappa shape index (κ2) is 6.30. The number of Topliss-reactive ketones (excluding diaryl/α,β-unsaturated/α-hetero) is 1. The van der Waals surface area contributed by atoms with Gasteiger partial charge in [0.1, 0.15) is 5.78 Å². The Labute approximate surface area is 126 Å². The smallest absolute Gasteiger partial charge is 0.144 e. The highest BCUT2D eigenvalue weighted by Gasteiger charge is 2.35. The molecule has 1 aromatic heterocycles. The van der Waals surface area contributed by atoms with E-state index in [2.05, 4.69) is 12.0 Å². The Morgan fingerprint density at radius 3 is 2.50 bits per heavy atom. The highest BCUT2D eigenvalue weighted by atomic mass is 35.5. The van der Waals surface area contributed by atoms with Gasteiger partial charge >= 0.3 is 0 Å². The first-order chi connectivity index (χ1) is 9.51. The van der Waals surface area contributed by atoms with Crippen LogP contribution in [-0.2, 0) is 24.2 Å². The third kappa shape index (κ3) is 2.93. The van der Waals surface area contributed by atoms with E-state index in [0.717, 1.165) is 37.2 Å². The van der Waals surface area contributed by atoms with Crippen LogP contribution < -0.4 is 0 Å². The topological polar surface area (TPSA) is 34.9 Å². The normalized spacial score (nSPS) is 18.2. The van der Waals surface area contributed by atoms with Crippen LogP contribution in [0.1, 0.15) is 64.3 Å². The molecule has 0 aromatic carbocycles. The number of rotatable bonds is 5. The van der Waals surface area contributed by atoms with Gasteiger partial charge in [0.15, 0.2) is 0 Å². The Kier molecular flexibility index (Phi) is 4.90. The fraction of sp³-hybridized carbons (Fsp3) is 0.750. The van der Waals surface area contributed by atoms with E-state index in [0.29, 0.717) is 17.2 Å². The van der Waals surface area contributed by atoms with Gasteiger partial charge in [0.25, 0.3) is 0 Å². The molecule has 2 rings (SSSR count). The maximum Gasteiger partial charge on any atom is 0.144 e. The third-order valence-corrected chi connectivity index (χ3v) is 5.09. The van der Waals surface area contributed by atoms with Crippen molar-refractivity contribution in [2.24, 2.45) is 5.41 Å². The van der Waals surface area contributed by atoms with Crippen LogP contribution in [0.3, 0.4) is 0 Å². The molecule has 1 aromatic rings. The quantitative estimate of drug-likeness (QED) is 0.816. The number of aryl methyl sites for hydroxylation is 2. The molecule has 1 fully saturated rings. The van der Waals surface area contributed by atoms with Gasteiger partial charge < -0.3 is 0 Å². The van der Waals surface area contributed by atoms with E-state index in [1.54, 1.807) is 0 Å². The van der Waals surface area contributed by atoms with Gasteiger partial charge in [0, 0.05) is 12.0 Å². The number of hydrogen-bond acceptors (Lipinski definition) is 2. The molecule has 112 valence electrons. The molecule has 1 heterocycles. The van der Waals surface area contributed by atoms with Crippen LogP contribution in [0.15, 0.2) is 0 Å². The molecule has 0 atom stereocenters. The van der Waals surface area contributed by atoms with E-state index in [-0.39, 0.29) is 5.41 Å². The summed E-state index contributed by atoms with van der Waals surface area (Å²) in [6.07, 6.45) is 6.87. The van der Waals surface area contributed by atoms with Crippen molar-refractivity contribution in [3.8, 4) is 0 Å². The van der Waals surface area contributed by atoms with E-state index < -0.39 is 0 Å². The van der Waals surface area contributed by atoms with Gasteiger partial charge in [-0.25, -0.2) is 0 Å². The molecule has 0 spiro atoms. The van der Waals surface area contributed by atoms with Crippen molar-refractivity contribution < 1.29 is 4.79 Å². The molecule has 1 saturated carbocycles. The number of halogens is 1. The first-order valence-corrected chi connectivity index (χ1v) is 8.17. The molecule has 0 bridgehead atoms. The van der Waals surface area contributed by atoms with Gasteiger partial charge in [-0.15, -0.1) is 0 Å². The zero-order valence-electron chi connectivity index (χ0n) is 12.8. The molecule has 1 aliphatic carbocycles. The first kappa shape index (κ1) is 15.6. The molecule has 0 saturated heterocycles. The van der Waals surface area contributed by atoms with Gasteiger partial charge in [-0.3, -0.25) is 9.48 Å². The maximum atomic E-state index is 12.7. The molecular formula is C16H25ClN2O. The summed E-state index contributed by atoms with van der Waals surface area (Å²) in [5.74, 6) is 0.330. The Bertz CT molecular complexity index is 487. The van der Waals surface area contributed by atoms with Crippen LogP contribution in [0.4, 0.5) is 0 Å². The molecule has 0 aliphatic heterocycles. The summed E-state index contributed by atoms with van der Waals surface area (Å²) in [4.78, 5) is 12.7. The van der Waals surface area contributed by atoms with Crippen LogP contribution in [0.5, 0.6) is 0 Å². The fourth-order valence-electron chi connectivity index (χ4n) is 3.16. The predicted molar refractivity (Wildman–Crippen MR) is 82.2 cm³/mol. The number of aromatic nitrogens is 2. The molecule has 0 unspecified atom stereocenters. The molecule has 0 radical (unpaired) electrons. The monoisotopic (exact) mass is 296 g/mol. The van der Waals surface area contributed by atoms with Crippen molar-refractivity contribution in [3.63, 3.8) is 0 Å². The van der Waals surface area contributed by atoms with Crippen molar-refractivity contribution in [1.29, 1.82) is 0 Å². The minimum Gasteiger partial charge on any atom is -0.299 e. The van der Waals surface area contributed by atoms with Gasteiger partial charge in [-0.1, -0.05) is 44.7 Å². The lowest BCUT2D eigenvalue weighted by Gasteiger charge is -2.32. The Morgan fingerprint density at radius 1 is 1.30 bits per heavy atom. The number of hydrogen-bond donors (Lipinski definition) is 0. The summed E-state index contributed by atoms with van der Waals surface area (Å²) in [5, 5.41) is 5.20. The largest absolute Gasteiger partial charge is 0.299 e. The van der Waals surface area contributed by atoms with Crippen molar-refractivity contribution >= 4 is 17.4 Å². The molecule has 4 heteroatoms. The average molecular weight is 297 g/mol.